The third kappa shape index (κ3) is 2.49. The van der Waals surface area contributed by atoms with Crippen LogP contribution in [0.3, 0.4) is 0 Å². The highest BCUT2D eigenvalue weighted by Gasteiger charge is 2.65. The molecule has 0 aromatic carbocycles. The van der Waals surface area contributed by atoms with Crippen LogP contribution < -0.4 is 0 Å². The van der Waals surface area contributed by atoms with Gasteiger partial charge in [-0.2, -0.15) is 0 Å². The van der Waals surface area contributed by atoms with Gasteiger partial charge in [-0.05, 0) is 31.1 Å². The maximum absolute atomic E-state index is 13.0. The van der Waals surface area contributed by atoms with Gasteiger partial charge >= 0.3 is 0 Å². The number of unbranched alkanes of at least 4 members (excludes halogenated alkanes) is 1. The molecular weight excluding hydrogens is 286 g/mol. The highest BCUT2D eigenvalue weighted by Crippen LogP contribution is 2.61. The number of rotatable bonds is 8. The molecule has 1 saturated carbocycles. The number of allylic oxidation sites excluding steroid dienone is 3. The molecule has 0 N–H and O–H groups in total. The highest BCUT2D eigenvalue weighted by molar-refractivity contribution is 6.06. The largest absolute Gasteiger partial charge is 0.282 e. The fourth-order valence-corrected chi connectivity index (χ4v) is 5.06. The van der Waals surface area contributed by atoms with Crippen LogP contribution in [-0.2, 0) is 9.59 Å². The number of fused-ring (bicyclic) bond motifs is 5. The smallest absolute Gasteiger partial charge is 0.234 e. The number of carbonyl (C=O) groups excluding carboxylic acids is 2. The molecule has 5 unspecified atom stereocenters. The third-order valence-electron chi connectivity index (χ3n) is 6.32. The second-order valence-corrected chi connectivity index (χ2v) is 7.66. The Morgan fingerprint density at radius 1 is 1.39 bits per heavy atom. The van der Waals surface area contributed by atoms with Gasteiger partial charge in [-0.15, -0.1) is 6.58 Å². The monoisotopic (exact) mass is 315 g/mol. The molecule has 5 atom stereocenters. The third-order valence-corrected chi connectivity index (χ3v) is 6.32. The number of hydrogen-bond acceptors (Lipinski definition) is 2. The number of likely N-dealkylation sites (tertiary alicyclic amines) is 1. The minimum Gasteiger partial charge on any atom is -0.282 e. The SMILES string of the molecule is C=CCC12C=CC(C1)C1C(=O)N(CC(CC)CCCC)C(=O)C12. The molecule has 0 radical (unpaired) electrons. The fourth-order valence-electron chi connectivity index (χ4n) is 5.06. The highest BCUT2D eigenvalue weighted by atomic mass is 16.2. The number of imide groups is 1. The van der Waals surface area contributed by atoms with Crippen molar-refractivity contribution in [2.24, 2.45) is 29.1 Å². The molecule has 3 aliphatic rings. The molecule has 2 amide bonds. The molecule has 3 rings (SSSR count). The topological polar surface area (TPSA) is 37.4 Å². The molecule has 3 heteroatoms. The number of nitrogens with zero attached hydrogens (tertiary/aromatic N) is 1. The molecular formula is C20H29NO2. The predicted molar refractivity (Wildman–Crippen MR) is 91.5 cm³/mol. The molecule has 2 bridgehead atoms. The lowest BCUT2D eigenvalue weighted by atomic mass is 9.72. The van der Waals surface area contributed by atoms with Crippen LogP contribution in [0.15, 0.2) is 24.8 Å². The van der Waals surface area contributed by atoms with Crippen molar-refractivity contribution in [1.82, 2.24) is 4.90 Å². The van der Waals surface area contributed by atoms with Crippen LogP contribution in [0.2, 0.25) is 0 Å². The van der Waals surface area contributed by atoms with Crippen molar-refractivity contribution < 1.29 is 9.59 Å². The second-order valence-electron chi connectivity index (χ2n) is 7.66. The van der Waals surface area contributed by atoms with Gasteiger partial charge in [0.15, 0.2) is 0 Å². The number of hydrogen-bond donors (Lipinski definition) is 0. The average Bonchev–Trinajstić information content (AvgIpc) is 3.17. The number of carbonyl (C=O) groups is 2. The maximum Gasteiger partial charge on any atom is 0.234 e. The Morgan fingerprint density at radius 2 is 2.17 bits per heavy atom. The van der Waals surface area contributed by atoms with Gasteiger partial charge < -0.3 is 0 Å². The molecule has 0 aromatic rings. The van der Waals surface area contributed by atoms with Crippen LogP contribution in [0, 0.1) is 29.1 Å². The lowest BCUT2D eigenvalue weighted by Gasteiger charge is -2.30. The van der Waals surface area contributed by atoms with Gasteiger partial charge in [0.1, 0.15) is 0 Å². The Labute approximate surface area is 139 Å². The van der Waals surface area contributed by atoms with Gasteiger partial charge in [0.25, 0.3) is 0 Å². The quantitative estimate of drug-likeness (QED) is 0.502. The summed E-state index contributed by atoms with van der Waals surface area (Å²) in [5.41, 5.74) is -0.135. The predicted octanol–water partition coefficient (Wildman–Crippen LogP) is 3.96. The van der Waals surface area contributed by atoms with E-state index < -0.39 is 0 Å². The van der Waals surface area contributed by atoms with Crippen molar-refractivity contribution in [1.29, 1.82) is 0 Å². The zero-order chi connectivity index (χ0) is 16.6. The summed E-state index contributed by atoms with van der Waals surface area (Å²) in [6.07, 6.45) is 12.5. The van der Waals surface area contributed by atoms with E-state index in [0.717, 1.165) is 32.1 Å². The van der Waals surface area contributed by atoms with E-state index in [4.69, 9.17) is 0 Å². The van der Waals surface area contributed by atoms with Crippen molar-refractivity contribution >= 4 is 11.8 Å². The standard InChI is InChI=1S/C20H29NO2/c1-4-7-8-14(6-3)13-21-18(22)16-15-9-11-20(12-15,10-5-2)17(16)19(21)23/h5,9,11,14-17H,2,4,6-8,10,12-13H2,1,3H3. The lowest BCUT2D eigenvalue weighted by Crippen LogP contribution is -2.38. The van der Waals surface area contributed by atoms with Gasteiger partial charge in [-0.1, -0.05) is 51.3 Å². The summed E-state index contributed by atoms with van der Waals surface area (Å²) in [5.74, 6) is 0.654. The van der Waals surface area contributed by atoms with Gasteiger partial charge in [0, 0.05) is 12.0 Å². The normalized spacial score (nSPS) is 35.9. The Morgan fingerprint density at radius 3 is 2.83 bits per heavy atom. The minimum absolute atomic E-state index is 0.0867. The van der Waals surface area contributed by atoms with Crippen LogP contribution in [-0.4, -0.2) is 23.3 Å². The molecule has 1 heterocycles. The second kappa shape index (κ2) is 6.26. The van der Waals surface area contributed by atoms with Gasteiger partial charge in [-0.3, -0.25) is 14.5 Å². The van der Waals surface area contributed by atoms with Crippen molar-refractivity contribution in [2.75, 3.05) is 6.54 Å². The van der Waals surface area contributed by atoms with Gasteiger partial charge in [0.05, 0.1) is 11.8 Å². The van der Waals surface area contributed by atoms with Crippen LogP contribution >= 0.6 is 0 Å². The first kappa shape index (κ1) is 16.5. The lowest BCUT2D eigenvalue weighted by molar-refractivity contribution is -0.142. The van der Waals surface area contributed by atoms with Gasteiger partial charge in [-0.25, -0.2) is 0 Å². The van der Waals surface area contributed by atoms with E-state index in [0.29, 0.717) is 12.5 Å². The van der Waals surface area contributed by atoms with Crippen LogP contribution in [0.5, 0.6) is 0 Å². The summed E-state index contributed by atoms with van der Waals surface area (Å²) in [6, 6.07) is 0. The van der Waals surface area contributed by atoms with Crippen molar-refractivity contribution in [3.05, 3.63) is 24.8 Å². The summed E-state index contributed by atoms with van der Waals surface area (Å²) in [7, 11) is 0. The van der Waals surface area contributed by atoms with Gasteiger partial charge in [0.2, 0.25) is 11.8 Å². The summed E-state index contributed by atoms with van der Waals surface area (Å²) >= 11 is 0. The minimum atomic E-state index is -0.135. The fraction of sp³-hybridized carbons (Fsp3) is 0.700. The van der Waals surface area contributed by atoms with Crippen molar-refractivity contribution in [2.45, 2.75) is 52.4 Å². The van der Waals surface area contributed by atoms with E-state index in [2.05, 4.69) is 32.6 Å². The van der Waals surface area contributed by atoms with E-state index in [1.54, 1.807) is 4.90 Å². The summed E-state index contributed by atoms with van der Waals surface area (Å²) in [4.78, 5) is 27.5. The molecule has 3 nitrogen and oxygen atoms in total. The summed E-state index contributed by atoms with van der Waals surface area (Å²) < 4.78 is 0. The molecule has 23 heavy (non-hydrogen) atoms. The van der Waals surface area contributed by atoms with E-state index >= 15 is 0 Å². The van der Waals surface area contributed by atoms with E-state index in [-0.39, 0.29) is 35.0 Å². The molecule has 0 aromatic heterocycles. The zero-order valence-electron chi connectivity index (χ0n) is 14.5. The Hall–Kier alpha value is -1.38. The van der Waals surface area contributed by atoms with E-state index in [9.17, 15) is 9.59 Å². The first-order valence-electron chi connectivity index (χ1n) is 9.23. The first-order chi connectivity index (χ1) is 11.1. The summed E-state index contributed by atoms with van der Waals surface area (Å²) in [5, 5.41) is 0. The van der Waals surface area contributed by atoms with Crippen molar-refractivity contribution in [3.8, 4) is 0 Å². The number of amides is 2. The molecule has 1 aliphatic heterocycles. The first-order valence-corrected chi connectivity index (χ1v) is 9.23. The molecule has 2 aliphatic carbocycles. The molecule has 126 valence electrons. The van der Waals surface area contributed by atoms with Crippen LogP contribution in [0.4, 0.5) is 0 Å². The molecule has 1 saturated heterocycles. The maximum atomic E-state index is 13.0. The van der Waals surface area contributed by atoms with Crippen LogP contribution in [0.1, 0.15) is 52.4 Å². The van der Waals surface area contributed by atoms with E-state index in [1.165, 1.54) is 6.42 Å². The van der Waals surface area contributed by atoms with Crippen molar-refractivity contribution in [3.63, 3.8) is 0 Å². The Kier molecular flexibility index (Phi) is 4.48. The summed E-state index contributed by atoms with van der Waals surface area (Å²) in [6.45, 7) is 8.84. The molecule has 2 fully saturated rings. The Balaban J connectivity index is 1.78. The zero-order valence-corrected chi connectivity index (χ0v) is 14.5. The molecule has 0 spiro atoms. The average molecular weight is 315 g/mol. The Bertz CT molecular complexity index is 538. The van der Waals surface area contributed by atoms with Crippen LogP contribution in [0.25, 0.3) is 0 Å². The van der Waals surface area contributed by atoms with E-state index in [1.807, 2.05) is 6.08 Å².